The summed E-state index contributed by atoms with van der Waals surface area (Å²) in [6, 6.07) is 0.509. The predicted molar refractivity (Wildman–Crippen MR) is 80.7 cm³/mol. The Morgan fingerprint density at radius 1 is 1.37 bits per heavy atom. The first-order chi connectivity index (χ1) is 8.88. The Balaban J connectivity index is 1.80. The molecule has 0 bridgehead atoms. The summed E-state index contributed by atoms with van der Waals surface area (Å²) < 4.78 is 2.12. The second-order valence-electron chi connectivity index (χ2n) is 6.85. The standard InChI is InChI=1S/C15H23N3S/c1-14(2)12(15(14,3)4)11(16-5)8-10-9-18-6-7-19-13(18)17-10/h6-7,9,11-12,16H,8H2,1-5H3. The summed E-state index contributed by atoms with van der Waals surface area (Å²) in [6.45, 7) is 9.53. The summed E-state index contributed by atoms with van der Waals surface area (Å²) in [6.07, 6.45) is 5.26. The van der Waals surface area contributed by atoms with Gasteiger partial charge in [0.15, 0.2) is 4.96 Å². The summed E-state index contributed by atoms with van der Waals surface area (Å²) >= 11 is 1.70. The molecule has 2 aromatic heterocycles. The molecule has 3 nitrogen and oxygen atoms in total. The highest BCUT2D eigenvalue weighted by atomic mass is 32.1. The highest BCUT2D eigenvalue weighted by molar-refractivity contribution is 7.15. The number of thiazole rings is 1. The van der Waals surface area contributed by atoms with Gasteiger partial charge in [-0.25, -0.2) is 4.98 Å². The van der Waals surface area contributed by atoms with Crippen LogP contribution in [0.15, 0.2) is 17.8 Å². The molecule has 1 N–H and O–H groups in total. The van der Waals surface area contributed by atoms with Crippen molar-refractivity contribution in [3.8, 4) is 0 Å². The maximum absolute atomic E-state index is 4.71. The molecule has 3 rings (SSSR count). The van der Waals surface area contributed by atoms with E-state index >= 15 is 0 Å². The average molecular weight is 277 g/mol. The van der Waals surface area contributed by atoms with Crippen LogP contribution in [0.3, 0.4) is 0 Å². The quantitative estimate of drug-likeness (QED) is 0.930. The molecule has 2 heterocycles. The smallest absolute Gasteiger partial charge is 0.193 e. The van der Waals surface area contributed by atoms with Crippen LogP contribution in [0.4, 0.5) is 0 Å². The normalized spacial score (nSPS) is 22.8. The molecule has 0 aliphatic heterocycles. The third kappa shape index (κ3) is 1.84. The van der Waals surface area contributed by atoms with Gasteiger partial charge < -0.3 is 5.32 Å². The minimum Gasteiger partial charge on any atom is -0.316 e. The molecule has 104 valence electrons. The van der Waals surface area contributed by atoms with Gasteiger partial charge in [-0.05, 0) is 23.8 Å². The molecule has 19 heavy (non-hydrogen) atoms. The molecule has 0 radical (unpaired) electrons. The fourth-order valence-corrected chi connectivity index (χ4v) is 4.46. The monoisotopic (exact) mass is 277 g/mol. The molecule has 1 aliphatic rings. The van der Waals surface area contributed by atoms with Crippen LogP contribution in [0.1, 0.15) is 33.4 Å². The van der Waals surface area contributed by atoms with Gasteiger partial charge in [0.2, 0.25) is 0 Å². The minimum atomic E-state index is 0.414. The first-order valence-electron chi connectivity index (χ1n) is 6.96. The highest BCUT2D eigenvalue weighted by Crippen LogP contribution is 2.69. The van der Waals surface area contributed by atoms with Crippen LogP contribution in [-0.4, -0.2) is 22.5 Å². The number of nitrogens with zero attached hydrogens (tertiary/aromatic N) is 2. The number of likely N-dealkylation sites (N-methyl/N-ethyl adjacent to an activating group) is 1. The van der Waals surface area contributed by atoms with Crippen LogP contribution < -0.4 is 5.32 Å². The number of fused-ring (bicyclic) bond motifs is 1. The van der Waals surface area contributed by atoms with E-state index in [0.29, 0.717) is 22.8 Å². The van der Waals surface area contributed by atoms with Crippen LogP contribution in [0.25, 0.3) is 4.96 Å². The van der Waals surface area contributed by atoms with Gasteiger partial charge in [-0.1, -0.05) is 27.7 Å². The van der Waals surface area contributed by atoms with Gasteiger partial charge in [0.1, 0.15) is 0 Å². The Hall–Kier alpha value is -0.870. The van der Waals surface area contributed by atoms with E-state index in [1.165, 1.54) is 5.69 Å². The molecule has 0 aromatic carbocycles. The van der Waals surface area contributed by atoms with Crippen molar-refractivity contribution >= 4 is 16.3 Å². The van der Waals surface area contributed by atoms with Crippen LogP contribution in [0.2, 0.25) is 0 Å². The van der Waals surface area contributed by atoms with Gasteiger partial charge in [0.05, 0.1) is 5.69 Å². The molecule has 0 amide bonds. The molecule has 1 aliphatic carbocycles. The maximum Gasteiger partial charge on any atom is 0.193 e. The van der Waals surface area contributed by atoms with E-state index in [4.69, 9.17) is 4.98 Å². The van der Waals surface area contributed by atoms with Crippen molar-refractivity contribution in [2.75, 3.05) is 7.05 Å². The van der Waals surface area contributed by atoms with E-state index in [-0.39, 0.29) is 0 Å². The zero-order chi connectivity index (χ0) is 13.8. The lowest BCUT2D eigenvalue weighted by Crippen LogP contribution is -2.32. The molecule has 2 aromatic rings. The van der Waals surface area contributed by atoms with Crippen LogP contribution >= 0.6 is 11.3 Å². The first-order valence-corrected chi connectivity index (χ1v) is 7.84. The number of aromatic nitrogens is 2. The molecule has 0 spiro atoms. The lowest BCUT2D eigenvalue weighted by Gasteiger charge is -2.17. The Morgan fingerprint density at radius 2 is 2.05 bits per heavy atom. The lowest BCUT2D eigenvalue weighted by atomic mass is 10.00. The Bertz CT molecular complexity index is 551. The van der Waals surface area contributed by atoms with Crippen molar-refractivity contribution in [1.29, 1.82) is 0 Å². The van der Waals surface area contributed by atoms with Gasteiger partial charge >= 0.3 is 0 Å². The number of hydrogen-bond donors (Lipinski definition) is 1. The second-order valence-corrected chi connectivity index (χ2v) is 7.72. The van der Waals surface area contributed by atoms with Gasteiger partial charge in [-0.15, -0.1) is 11.3 Å². The summed E-state index contributed by atoms with van der Waals surface area (Å²) in [5.41, 5.74) is 2.03. The average Bonchev–Trinajstić information content (AvgIpc) is 2.71. The van der Waals surface area contributed by atoms with Gasteiger partial charge in [-0.2, -0.15) is 0 Å². The Morgan fingerprint density at radius 3 is 2.58 bits per heavy atom. The number of nitrogens with one attached hydrogen (secondary N) is 1. The highest BCUT2D eigenvalue weighted by Gasteiger charge is 2.66. The third-order valence-electron chi connectivity index (χ3n) is 5.48. The van der Waals surface area contributed by atoms with Crippen molar-refractivity contribution in [3.63, 3.8) is 0 Å². The van der Waals surface area contributed by atoms with Crippen molar-refractivity contribution in [2.24, 2.45) is 16.7 Å². The molecule has 4 heteroatoms. The van der Waals surface area contributed by atoms with Crippen molar-refractivity contribution in [3.05, 3.63) is 23.5 Å². The van der Waals surface area contributed by atoms with Gasteiger partial charge in [0.25, 0.3) is 0 Å². The molecule has 1 saturated carbocycles. The van der Waals surface area contributed by atoms with E-state index in [1.807, 2.05) is 0 Å². The number of rotatable bonds is 4. The third-order valence-corrected chi connectivity index (χ3v) is 6.25. The zero-order valence-electron chi connectivity index (χ0n) is 12.4. The van der Waals surface area contributed by atoms with E-state index in [2.05, 4.69) is 62.2 Å². The first kappa shape index (κ1) is 13.1. The van der Waals surface area contributed by atoms with Gasteiger partial charge in [-0.3, -0.25) is 4.40 Å². The lowest BCUT2D eigenvalue weighted by molar-refractivity contribution is 0.418. The number of hydrogen-bond acceptors (Lipinski definition) is 3. The summed E-state index contributed by atoms with van der Waals surface area (Å²) in [4.78, 5) is 5.80. The van der Waals surface area contributed by atoms with E-state index < -0.39 is 0 Å². The summed E-state index contributed by atoms with van der Waals surface area (Å²) in [5, 5.41) is 5.59. The predicted octanol–water partition coefficient (Wildman–Crippen LogP) is 3.21. The fraction of sp³-hybridized carbons (Fsp3) is 0.667. The topological polar surface area (TPSA) is 29.3 Å². The van der Waals surface area contributed by atoms with Crippen molar-refractivity contribution < 1.29 is 0 Å². The Labute approximate surface area is 119 Å². The van der Waals surface area contributed by atoms with Crippen LogP contribution in [0.5, 0.6) is 0 Å². The largest absolute Gasteiger partial charge is 0.316 e. The summed E-state index contributed by atoms with van der Waals surface area (Å²) in [7, 11) is 2.08. The molecular weight excluding hydrogens is 254 g/mol. The van der Waals surface area contributed by atoms with E-state index in [0.717, 1.165) is 11.4 Å². The number of imidazole rings is 1. The molecule has 1 fully saturated rings. The Kier molecular flexibility index (Phi) is 2.81. The summed E-state index contributed by atoms with van der Waals surface area (Å²) in [5.74, 6) is 0.713. The second kappa shape index (κ2) is 4.06. The van der Waals surface area contributed by atoms with Crippen LogP contribution in [0, 0.1) is 16.7 Å². The van der Waals surface area contributed by atoms with Crippen LogP contribution in [-0.2, 0) is 6.42 Å². The van der Waals surface area contributed by atoms with E-state index in [9.17, 15) is 0 Å². The van der Waals surface area contributed by atoms with E-state index in [1.54, 1.807) is 11.3 Å². The minimum absolute atomic E-state index is 0.414. The van der Waals surface area contributed by atoms with Crippen molar-refractivity contribution in [1.82, 2.24) is 14.7 Å². The molecule has 1 unspecified atom stereocenters. The maximum atomic E-state index is 4.71. The molecular formula is C15H23N3S. The molecule has 0 saturated heterocycles. The fourth-order valence-electron chi connectivity index (χ4n) is 3.74. The van der Waals surface area contributed by atoms with Gasteiger partial charge in [0, 0.05) is 30.2 Å². The SMILES string of the molecule is CNC(Cc1cn2ccsc2n1)C1C(C)(C)C1(C)C. The zero-order valence-corrected chi connectivity index (χ0v) is 13.2. The van der Waals surface area contributed by atoms with Crippen molar-refractivity contribution in [2.45, 2.75) is 40.2 Å². The molecule has 1 atom stereocenters.